The Morgan fingerprint density at radius 1 is 1.11 bits per heavy atom. The lowest BCUT2D eigenvalue weighted by Crippen LogP contribution is -2.57. The first-order valence-corrected chi connectivity index (χ1v) is 9.98. The van der Waals surface area contributed by atoms with Crippen molar-refractivity contribution in [1.29, 1.82) is 5.26 Å². The minimum atomic E-state index is -0.635. The highest BCUT2D eigenvalue weighted by Gasteiger charge is 2.51. The van der Waals surface area contributed by atoms with Gasteiger partial charge in [0.05, 0.1) is 29.2 Å². The van der Waals surface area contributed by atoms with Gasteiger partial charge in [-0.1, -0.05) is 24.3 Å². The molecule has 1 aromatic carbocycles. The molecule has 2 aliphatic heterocycles. The third kappa shape index (κ3) is 2.37. The summed E-state index contributed by atoms with van der Waals surface area (Å²) in [5.41, 5.74) is 3.49. The largest absolute Gasteiger partial charge is 0.351 e. The quantitative estimate of drug-likeness (QED) is 0.686. The van der Waals surface area contributed by atoms with Crippen LogP contribution in [0.1, 0.15) is 36.2 Å². The van der Waals surface area contributed by atoms with Crippen molar-refractivity contribution in [3.63, 3.8) is 0 Å². The summed E-state index contributed by atoms with van der Waals surface area (Å²) in [5.74, 6) is 1.16. The van der Waals surface area contributed by atoms with Gasteiger partial charge in [0.25, 0.3) is 0 Å². The highest BCUT2D eigenvalue weighted by molar-refractivity contribution is 5.62. The molecule has 4 heterocycles. The number of nitriles is 1. The van der Waals surface area contributed by atoms with E-state index in [0.29, 0.717) is 6.42 Å². The van der Waals surface area contributed by atoms with E-state index in [1.807, 2.05) is 36.4 Å². The van der Waals surface area contributed by atoms with E-state index in [1.54, 1.807) is 6.20 Å². The smallest absolute Gasteiger partial charge is 0.136 e. The van der Waals surface area contributed by atoms with E-state index in [0.717, 1.165) is 48.7 Å². The van der Waals surface area contributed by atoms with Gasteiger partial charge in [-0.15, -0.1) is 0 Å². The second-order valence-electron chi connectivity index (χ2n) is 7.81. The molecular weight excluding hydrogens is 346 g/mol. The zero-order chi connectivity index (χ0) is 19.1. The standard InChI is InChI=1S/C23H23N5/c1-17-19-15-23(16-24,20-11-5-7-13-25-20)21-12-6-8-14-27(21)22(19)28(26-17)18-9-3-2-4-10-18/h2-5,7,9-11,13,21H,6,8,12,14-15H2,1H3/t21-,23+/m1/s1. The van der Waals surface area contributed by atoms with Crippen molar-refractivity contribution in [2.45, 2.75) is 44.1 Å². The van der Waals surface area contributed by atoms with Crippen molar-refractivity contribution in [2.75, 3.05) is 11.4 Å². The molecule has 2 atom stereocenters. The molecule has 5 nitrogen and oxygen atoms in total. The molecule has 5 rings (SSSR count). The van der Waals surface area contributed by atoms with Crippen LogP contribution in [0.25, 0.3) is 5.69 Å². The Morgan fingerprint density at radius 3 is 2.68 bits per heavy atom. The van der Waals surface area contributed by atoms with Gasteiger partial charge in [-0.2, -0.15) is 10.4 Å². The van der Waals surface area contributed by atoms with Gasteiger partial charge in [-0.3, -0.25) is 4.98 Å². The molecule has 0 N–H and O–H groups in total. The minimum Gasteiger partial charge on any atom is -0.351 e. The van der Waals surface area contributed by atoms with E-state index >= 15 is 0 Å². The number of pyridine rings is 1. The van der Waals surface area contributed by atoms with Gasteiger partial charge < -0.3 is 4.90 Å². The first-order valence-electron chi connectivity index (χ1n) is 9.98. The molecule has 0 amide bonds. The number of benzene rings is 1. The third-order valence-electron chi connectivity index (χ3n) is 6.28. The SMILES string of the molecule is Cc1nn(-c2ccccc2)c2c1C[C@](C#N)(c1ccccn1)[C@H]1CCCCN21. The minimum absolute atomic E-state index is 0.118. The zero-order valence-corrected chi connectivity index (χ0v) is 16.0. The Bertz CT molecular complexity index is 1030. The maximum atomic E-state index is 10.4. The summed E-state index contributed by atoms with van der Waals surface area (Å²) >= 11 is 0. The molecule has 0 radical (unpaired) electrons. The molecule has 1 saturated heterocycles. The molecule has 0 unspecified atom stereocenters. The summed E-state index contributed by atoms with van der Waals surface area (Å²) in [6.07, 6.45) is 5.75. The first kappa shape index (κ1) is 17.0. The van der Waals surface area contributed by atoms with Crippen molar-refractivity contribution >= 4 is 5.82 Å². The Balaban J connectivity index is 1.73. The monoisotopic (exact) mass is 369 g/mol. The van der Waals surface area contributed by atoms with Crippen LogP contribution in [0.2, 0.25) is 0 Å². The molecule has 0 bridgehead atoms. The van der Waals surface area contributed by atoms with Gasteiger partial charge in [0.1, 0.15) is 11.2 Å². The Morgan fingerprint density at radius 2 is 1.93 bits per heavy atom. The van der Waals surface area contributed by atoms with Gasteiger partial charge in [0.2, 0.25) is 0 Å². The molecule has 28 heavy (non-hydrogen) atoms. The second kappa shape index (κ2) is 6.49. The summed E-state index contributed by atoms with van der Waals surface area (Å²) < 4.78 is 2.07. The molecule has 0 aliphatic carbocycles. The summed E-state index contributed by atoms with van der Waals surface area (Å²) in [6, 6.07) is 19.0. The highest BCUT2D eigenvalue weighted by Crippen LogP contribution is 2.47. The van der Waals surface area contributed by atoms with Crippen LogP contribution < -0.4 is 4.90 Å². The number of nitrogens with zero attached hydrogens (tertiary/aromatic N) is 5. The topological polar surface area (TPSA) is 57.7 Å². The molecule has 0 spiro atoms. The van der Waals surface area contributed by atoms with Crippen molar-refractivity contribution in [3.8, 4) is 11.8 Å². The van der Waals surface area contributed by atoms with Crippen molar-refractivity contribution in [3.05, 3.63) is 71.7 Å². The fraction of sp³-hybridized carbons (Fsp3) is 0.348. The lowest BCUT2D eigenvalue weighted by atomic mass is 9.68. The zero-order valence-electron chi connectivity index (χ0n) is 16.0. The molecule has 2 aliphatic rings. The Labute approximate surface area is 165 Å². The summed E-state index contributed by atoms with van der Waals surface area (Å²) in [7, 11) is 0. The molecule has 5 heteroatoms. The van der Waals surface area contributed by atoms with Crippen LogP contribution >= 0.6 is 0 Å². The Hall–Kier alpha value is -3.13. The average molecular weight is 369 g/mol. The van der Waals surface area contributed by atoms with Crippen molar-refractivity contribution in [1.82, 2.24) is 14.8 Å². The second-order valence-corrected chi connectivity index (χ2v) is 7.81. The van der Waals surface area contributed by atoms with Gasteiger partial charge >= 0.3 is 0 Å². The van der Waals surface area contributed by atoms with Crippen LogP contribution in [0.4, 0.5) is 5.82 Å². The van der Waals surface area contributed by atoms with Crippen LogP contribution in [0.3, 0.4) is 0 Å². The molecule has 2 aromatic heterocycles. The molecular formula is C23H23N5. The van der Waals surface area contributed by atoms with Crippen LogP contribution in [-0.2, 0) is 11.8 Å². The van der Waals surface area contributed by atoms with Gasteiger partial charge in [0.15, 0.2) is 0 Å². The van der Waals surface area contributed by atoms with Gasteiger partial charge in [-0.25, -0.2) is 4.68 Å². The molecule has 1 fully saturated rings. The number of para-hydroxylation sites is 1. The number of hydrogen-bond acceptors (Lipinski definition) is 4. The normalized spacial score (nSPS) is 23.6. The summed E-state index contributed by atoms with van der Waals surface area (Å²) in [6.45, 7) is 3.01. The van der Waals surface area contributed by atoms with E-state index in [2.05, 4.69) is 39.7 Å². The van der Waals surface area contributed by atoms with Crippen LogP contribution in [0.15, 0.2) is 54.7 Å². The first-order chi connectivity index (χ1) is 13.7. The number of aryl methyl sites for hydroxylation is 1. The predicted octanol–water partition coefficient (Wildman–Crippen LogP) is 3.95. The van der Waals surface area contributed by atoms with E-state index in [-0.39, 0.29) is 6.04 Å². The third-order valence-corrected chi connectivity index (χ3v) is 6.28. The Kier molecular flexibility index (Phi) is 3.94. The number of rotatable bonds is 2. The van der Waals surface area contributed by atoms with E-state index in [9.17, 15) is 5.26 Å². The maximum Gasteiger partial charge on any atom is 0.136 e. The number of hydrogen-bond donors (Lipinski definition) is 0. The fourth-order valence-corrected chi connectivity index (χ4v) is 4.95. The molecule has 0 saturated carbocycles. The summed E-state index contributed by atoms with van der Waals surface area (Å²) in [4.78, 5) is 7.07. The number of fused-ring (bicyclic) bond motifs is 3. The highest BCUT2D eigenvalue weighted by atomic mass is 15.4. The van der Waals surface area contributed by atoms with E-state index in [4.69, 9.17) is 5.10 Å². The van der Waals surface area contributed by atoms with Gasteiger partial charge in [-0.05, 0) is 50.5 Å². The fourth-order valence-electron chi connectivity index (χ4n) is 4.95. The average Bonchev–Trinajstić information content (AvgIpc) is 3.10. The number of aromatic nitrogens is 3. The van der Waals surface area contributed by atoms with Crippen LogP contribution in [0, 0.1) is 18.3 Å². The van der Waals surface area contributed by atoms with E-state index in [1.165, 1.54) is 5.56 Å². The summed E-state index contributed by atoms with van der Waals surface area (Å²) in [5, 5.41) is 15.3. The van der Waals surface area contributed by atoms with Crippen LogP contribution in [-0.4, -0.2) is 27.4 Å². The lowest BCUT2D eigenvalue weighted by Gasteiger charge is -2.49. The van der Waals surface area contributed by atoms with Crippen LogP contribution in [0.5, 0.6) is 0 Å². The lowest BCUT2D eigenvalue weighted by molar-refractivity contribution is 0.315. The van der Waals surface area contributed by atoms with Crippen molar-refractivity contribution in [2.24, 2.45) is 0 Å². The van der Waals surface area contributed by atoms with E-state index < -0.39 is 5.41 Å². The molecule has 3 aromatic rings. The predicted molar refractivity (Wildman–Crippen MR) is 109 cm³/mol. The molecule has 140 valence electrons. The van der Waals surface area contributed by atoms with Crippen molar-refractivity contribution < 1.29 is 0 Å². The van der Waals surface area contributed by atoms with Gasteiger partial charge in [0, 0.05) is 24.7 Å². The number of anilines is 1. The number of piperidine rings is 1. The maximum absolute atomic E-state index is 10.4.